The van der Waals surface area contributed by atoms with Crippen LogP contribution in [-0.4, -0.2) is 41.5 Å². The van der Waals surface area contributed by atoms with Crippen LogP contribution < -0.4 is 5.32 Å². The maximum atomic E-state index is 12.9. The first-order valence-corrected chi connectivity index (χ1v) is 9.20. The first-order chi connectivity index (χ1) is 11.3. The third-order valence-electron chi connectivity index (χ3n) is 4.22. The second-order valence-corrected chi connectivity index (χ2v) is 6.74. The van der Waals surface area contributed by atoms with E-state index in [2.05, 4.69) is 17.2 Å². The Balaban J connectivity index is 1.78. The van der Waals surface area contributed by atoms with Crippen molar-refractivity contribution in [2.75, 3.05) is 19.6 Å². The summed E-state index contributed by atoms with van der Waals surface area (Å²) in [4.78, 5) is 19.6. The number of hydrogen-bond donors (Lipinski definition) is 1. The van der Waals surface area contributed by atoms with E-state index in [1.807, 2.05) is 40.6 Å². The van der Waals surface area contributed by atoms with E-state index in [-0.39, 0.29) is 5.91 Å². The van der Waals surface area contributed by atoms with Crippen LogP contribution in [0.25, 0.3) is 10.6 Å². The fourth-order valence-corrected chi connectivity index (χ4v) is 3.84. The summed E-state index contributed by atoms with van der Waals surface area (Å²) in [5.41, 5.74) is 1.65. The Morgan fingerprint density at radius 3 is 2.74 bits per heavy atom. The smallest absolute Gasteiger partial charge is 0.273 e. The van der Waals surface area contributed by atoms with Crippen molar-refractivity contribution in [3.8, 4) is 10.6 Å². The van der Waals surface area contributed by atoms with Crippen molar-refractivity contribution in [1.82, 2.24) is 15.2 Å². The Bertz CT molecular complexity index is 635. The highest BCUT2D eigenvalue weighted by Gasteiger charge is 2.27. The summed E-state index contributed by atoms with van der Waals surface area (Å²) in [5.74, 6) is 0.0807. The number of carbonyl (C=O) groups excluding carboxylic acids is 1. The molecule has 1 aromatic carbocycles. The third-order valence-corrected chi connectivity index (χ3v) is 5.11. The average Bonchev–Trinajstić information content (AvgIpc) is 3.11. The van der Waals surface area contributed by atoms with E-state index < -0.39 is 0 Å². The lowest BCUT2D eigenvalue weighted by Gasteiger charge is -2.34. The highest BCUT2D eigenvalue weighted by molar-refractivity contribution is 7.13. The van der Waals surface area contributed by atoms with Gasteiger partial charge in [0.1, 0.15) is 10.7 Å². The minimum atomic E-state index is 0.0807. The molecule has 1 fully saturated rings. The van der Waals surface area contributed by atoms with Crippen molar-refractivity contribution in [2.24, 2.45) is 0 Å². The molecule has 3 rings (SSSR count). The number of nitrogens with one attached hydrogen (secondary N) is 1. The molecule has 1 N–H and O–H groups in total. The van der Waals surface area contributed by atoms with Crippen molar-refractivity contribution < 1.29 is 4.79 Å². The summed E-state index contributed by atoms with van der Waals surface area (Å²) >= 11 is 1.54. The lowest BCUT2D eigenvalue weighted by Crippen LogP contribution is -2.46. The van der Waals surface area contributed by atoms with Crippen LogP contribution in [0.3, 0.4) is 0 Å². The second-order valence-electron chi connectivity index (χ2n) is 5.88. The number of piperidine rings is 1. The monoisotopic (exact) mass is 329 g/mol. The summed E-state index contributed by atoms with van der Waals surface area (Å²) < 4.78 is 0. The molecule has 122 valence electrons. The zero-order chi connectivity index (χ0) is 16.1. The molecule has 23 heavy (non-hydrogen) atoms. The maximum Gasteiger partial charge on any atom is 0.273 e. The van der Waals surface area contributed by atoms with Crippen molar-refractivity contribution in [1.29, 1.82) is 0 Å². The molecule has 0 unspecified atom stereocenters. The molecule has 1 amide bonds. The van der Waals surface area contributed by atoms with E-state index in [9.17, 15) is 4.79 Å². The molecule has 4 nitrogen and oxygen atoms in total. The average molecular weight is 329 g/mol. The highest BCUT2D eigenvalue weighted by Crippen LogP contribution is 2.25. The molecule has 0 atom stereocenters. The van der Waals surface area contributed by atoms with Gasteiger partial charge in [0.15, 0.2) is 0 Å². The van der Waals surface area contributed by atoms with E-state index in [1.54, 1.807) is 11.3 Å². The van der Waals surface area contributed by atoms with Gasteiger partial charge in [-0.1, -0.05) is 37.3 Å². The van der Waals surface area contributed by atoms with Gasteiger partial charge in [-0.25, -0.2) is 4.98 Å². The lowest BCUT2D eigenvalue weighted by atomic mass is 10.0. The van der Waals surface area contributed by atoms with Gasteiger partial charge in [0.2, 0.25) is 0 Å². The summed E-state index contributed by atoms with van der Waals surface area (Å²) in [7, 11) is 0. The molecule has 0 saturated carbocycles. The lowest BCUT2D eigenvalue weighted by molar-refractivity contribution is 0.0637. The van der Waals surface area contributed by atoms with E-state index in [0.29, 0.717) is 11.7 Å². The number of carbonyl (C=O) groups is 1. The van der Waals surface area contributed by atoms with Crippen LogP contribution in [-0.2, 0) is 0 Å². The van der Waals surface area contributed by atoms with Crippen LogP contribution in [0.2, 0.25) is 0 Å². The minimum Gasteiger partial charge on any atom is -0.334 e. The van der Waals surface area contributed by atoms with Crippen LogP contribution in [0.15, 0.2) is 35.7 Å². The summed E-state index contributed by atoms with van der Waals surface area (Å²) in [5, 5.41) is 6.17. The quantitative estimate of drug-likeness (QED) is 0.914. The Labute approximate surface area is 141 Å². The number of amides is 1. The molecular weight excluding hydrogens is 306 g/mol. The normalized spacial score (nSPS) is 15.5. The molecule has 2 heterocycles. The van der Waals surface area contributed by atoms with Gasteiger partial charge in [-0.05, 0) is 32.4 Å². The van der Waals surface area contributed by atoms with Gasteiger partial charge in [-0.2, -0.15) is 0 Å². The van der Waals surface area contributed by atoms with Crippen molar-refractivity contribution >= 4 is 17.2 Å². The van der Waals surface area contributed by atoms with E-state index >= 15 is 0 Å². The Hall–Kier alpha value is -1.72. The highest BCUT2D eigenvalue weighted by atomic mass is 32.1. The minimum absolute atomic E-state index is 0.0807. The molecule has 0 bridgehead atoms. The molecule has 0 radical (unpaired) electrons. The number of rotatable bonds is 5. The van der Waals surface area contributed by atoms with E-state index in [1.165, 1.54) is 0 Å². The van der Waals surface area contributed by atoms with Gasteiger partial charge in [0.05, 0.1) is 0 Å². The largest absolute Gasteiger partial charge is 0.334 e. The van der Waals surface area contributed by atoms with E-state index in [4.69, 9.17) is 0 Å². The molecule has 0 spiro atoms. The summed E-state index contributed by atoms with van der Waals surface area (Å²) in [6, 6.07) is 10.4. The Morgan fingerprint density at radius 2 is 2.04 bits per heavy atom. The molecule has 0 aliphatic carbocycles. The van der Waals surface area contributed by atoms with Crippen LogP contribution in [0.4, 0.5) is 0 Å². The van der Waals surface area contributed by atoms with Crippen LogP contribution in [0.1, 0.15) is 36.7 Å². The first kappa shape index (κ1) is 16.1. The molecule has 5 heteroatoms. The van der Waals surface area contributed by atoms with Gasteiger partial charge in [-0.3, -0.25) is 4.79 Å². The summed E-state index contributed by atoms with van der Waals surface area (Å²) in [6.07, 6.45) is 3.04. The molecular formula is C18H23N3OS. The Morgan fingerprint density at radius 1 is 1.30 bits per heavy atom. The molecule has 1 saturated heterocycles. The fraction of sp³-hybridized carbons (Fsp3) is 0.444. The number of nitrogens with zero attached hydrogens (tertiary/aromatic N) is 2. The molecule has 1 aliphatic heterocycles. The zero-order valence-electron chi connectivity index (χ0n) is 13.5. The summed E-state index contributed by atoms with van der Waals surface area (Å²) in [6.45, 7) is 4.91. The third kappa shape index (κ3) is 3.79. The van der Waals surface area contributed by atoms with Crippen LogP contribution in [0, 0.1) is 0 Å². The molecule has 1 aliphatic rings. The number of aromatic nitrogens is 1. The van der Waals surface area contributed by atoms with Gasteiger partial charge in [-0.15, -0.1) is 11.3 Å². The maximum absolute atomic E-state index is 12.9. The fourth-order valence-electron chi connectivity index (χ4n) is 3.04. The van der Waals surface area contributed by atoms with Gasteiger partial charge >= 0.3 is 0 Å². The topological polar surface area (TPSA) is 45.2 Å². The predicted octanol–water partition coefficient (Wildman–Crippen LogP) is 3.41. The second kappa shape index (κ2) is 7.70. The first-order valence-electron chi connectivity index (χ1n) is 8.32. The predicted molar refractivity (Wildman–Crippen MR) is 94.8 cm³/mol. The molecule has 2 aromatic rings. The number of benzene rings is 1. The van der Waals surface area contributed by atoms with Gasteiger partial charge in [0.25, 0.3) is 5.91 Å². The Kier molecular flexibility index (Phi) is 5.41. The zero-order valence-corrected chi connectivity index (χ0v) is 14.3. The van der Waals surface area contributed by atoms with Crippen molar-refractivity contribution in [3.05, 3.63) is 41.4 Å². The van der Waals surface area contributed by atoms with Gasteiger partial charge < -0.3 is 10.2 Å². The van der Waals surface area contributed by atoms with Gasteiger partial charge in [0, 0.05) is 23.5 Å². The van der Waals surface area contributed by atoms with Crippen molar-refractivity contribution in [2.45, 2.75) is 32.2 Å². The number of hydrogen-bond acceptors (Lipinski definition) is 4. The van der Waals surface area contributed by atoms with Crippen LogP contribution >= 0.6 is 11.3 Å². The molecule has 1 aromatic heterocycles. The number of thiazole rings is 1. The standard InChI is InChI=1S/C18H23N3OS/c1-2-12-21(15-8-10-19-11-9-15)18(22)16-13-23-17(20-16)14-6-4-3-5-7-14/h3-7,13,15,19H,2,8-12H2,1H3. The van der Waals surface area contributed by atoms with E-state index in [0.717, 1.165) is 49.5 Å². The SMILES string of the molecule is CCCN(C(=O)c1csc(-c2ccccc2)n1)C1CCNCC1. The van der Waals surface area contributed by atoms with Crippen LogP contribution in [0.5, 0.6) is 0 Å². The van der Waals surface area contributed by atoms with Crippen molar-refractivity contribution in [3.63, 3.8) is 0 Å².